The maximum absolute atomic E-state index is 15.6. The topological polar surface area (TPSA) is 135 Å². The highest BCUT2D eigenvalue weighted by Crippen LogP contribution is 2.45. The van der Waals surface area contributed by atoms with E-state index in [2.05, 4.69) is 38.9 Å². The average molecular weight is 670 g/mol. The summed E-state index contributed by atoms with van der Waals surface area (Å²) in [6.07, 6.45) is -2.97. The molecule has 0 saturated carbocycles. The summed E-state index contributed by atoms with van der Waals surface area (Å²) in [4.78, 5) is 38.6. The van der Waals surface area contributed by atoms with Crippen molar-refractivity contribution in [2.45, 2.75) is 75.4 Å². The second-order valence-electron chi connectivity index (χ2n) is 13.2. The van der Waals surface area contributed by atoms with Gasteiger partial charge in [0.25, 0.3) is 5.91 Å². The van der Waals surface area contributed by atoms with Gasteiger partial charge in [-0.25, -0.2) is 9.18 Å². The summed E-state index contributed by atoms with van der Waals surface area (Å²) in [5, 5.41) is 5.05. The minimum Gasteiger partial charge on any atom is -0.461 e. The number of hydrogen-bond donors (Lipinski definition) is 3. The first kappa shape index (κ1) is 32.1. The summed E-state index contributed by atoms with van der Waals surface area (Å²) in [5.74, 6) is 3.55. The number of imide groups is 1. The Balaban J connectivity index is 1.29. The zero-order chi connectivity index (χ0) is 34.0. The van der Waals surface area contributed by atoms with Gasteiger partial charge in [-0.05, 0) is 51.6 Å². The van der Waals surface area contributed by atoms with E-state index < -0.39 is 58.0 Å². The second-order valence-corrected chi connectivity index (χ2v) is 13.2. The van der Waals surface area contributed by atoms with Crippen LogP contribution in [0, 0.1) is 17.7 Å². The summed E-state index contributed by atoms with van der Waals surface area (Å²) in [5.41, 5.74) is 3.41. The van der Waals surface area contributed by atoms with E-state index >= 15 is 4.39 Å². The third-order valence-corrected chi connectivity index (χ3v) is 10.1. The van der Waals surface area contributed by atoms with E-state index in [4.69, 9.17) is 20.2 Å². The van der Waals surface area contributed by atoms with Crippen molar-refractivity contribution in [2.75, 3.05) is 43.4 Å². The van der Waals surface area contributed by atoms with Gasteiger partial charge in [-0.2, -0.15) is 23.1 Å². The number of piperidine rings is 1. The molecule has 4 N–H and O–H groups in total. The molecule has 0 unspecified atom stereocenters. The van der Waals surface area contributed by atoms with Gasteiger partial charge in [0, 0.05) is 36.2 Å². The number of halogens is 4. The molecule has 3 amide bonds. The predicted octanol–water partition coefficient (Wildman–Crippen LogP) is 3.75. The van der Waals surface area contributed by atoms with Crippen LogP contribution in [0.4, 0.5) is 33.9 Å². The number of nitrogens with two attached hydrogens (primary N) is 1. The van der Waals surface area contributed by atoms with Gasteiger partial charge in [0.2, 0.25) is 0 Å². The van der Waals surface area contributed by atoms with E-state index in [-0.39, 0.29) is 37.7 Å². The number of ether oxygens (including phenoxy) is 2. The second kappa shape index (κ2) is 11.6. The lowest BCUT2D eigenvalue weighted by atomic mass is 9.88. The number of hydrogen-bond acceptors (Lipinski definition) is 9. The van der Waals surface area contributed by atoms with Gasteiger partial charge in [0.1, 0.15) is 18.0 Å². The van der Waals surface area contributed by atoms with Crippen LogP contribution in [0.2, 0.25) is 0 Å². The lowest BCUT2D eigenvalue weighted by Gasteiger charge is -2.40. The number of carbonyl (C=O) groups excluding carboxylic acids is 2. The van der Waals surface area contributed by atoms with E-state index in [1.54, 1.807) is 0 Å². The number of alkyl halides is 3. The lowest BCUT2D eigenvalue weighted by Crippen LogP contribution is -2.59. The molecule has 3 atom stereocenters. The molecule has 0 radical (unpaired) electrons. The van der Waals surface area contributed by atoms with Crippen molar-refractivity contribution in [3.8, 4) is 17.9 Å². The number of carbonyl (C=O) groups is 2. The molecule has 4 fully saturated rings. The number of fused-ring (bicyclic) bond motifs is 2. The molecule has 0 bridgehead atoms. The number of nitrogens with zero attached hydrogens (tertiary/aromatic N) is 4. The minimum absolute atomic E-state index is 0.00398. The Morgan fingerprint density at radius 2 is 2.02 bits per heavy atom. The van der Waals surface area contributed by atoms with Crippen LogP contribution in [0.15, 0.2) is 18.2 Å². The number of benzene rings is 1. The van der Waals surface area contributed by atoms with Gasteiger partial charge in [-0.1, -0.05) is 18.1 Å². The number of anilines is 2. The highest BCUT2D eigenvalue weighted by atomic mass is 19.4. The molecule has 1 aromatic carbocycles. The van der Waals surface area contributed by atoms with E-state index in [0.29, 0.717) is 36.5 Å². The zero-order valence-electron chi connectivity index (χ0n) is 26.4. The molecule has 5 aliphatic rings. The Hall–Kier alpha value is -4.42. The Labute approximate surface area is 274 Å². The molecule has 11 nitrogen and oxygen atoms in total. The fourth-order valence-corrected chi connectivity index (χ4v) is 7.98. The first-order valence-corrected chi connectivity index (χ1v) is 15.9. The maximum Gasteiger partial charge on any atom is 0.418 e. The lowest BCUT2D eigenvalue weighted by molar-refractivity contribution is -0.140. The molecule has 0 aliphatic carbocycles. The zero-order valence-corrected chi connectivity index (χ0v) is 26.4. The number of amides is 3. The summed E-state index contributed by atoms with van der Waals surface area (Å²) < 4.78 is 71.4. The summed E-state index contributed by atoms with van der Waals surface area (Å²) in [6, 6.07) is 0.302. The van der Waals surface area contributed by atoms with Gasteiger partial charge < -0.3 is 25.4 Å². The fourth-order valence-electron chi connectivity index (χ4n) is 7.98. The number of nitrogens with one attached hydrogen (secondary N) is 2. The predicted molar refractivity (Wildman–Crippen MR) is 165 cm³/mol. The third kappa shape index (κ3) is 5.40. The van der Waals surface area contributed by atoms with Crippen molar-refractivity contribution in [1.29, 1.82) is 0 Å². The molecule has 15 heteroatoms. The number of urea groups is 1. The smallest absolute Gasteiger partial charge is 0.418 e. The van der Waals surface area contributed by atoms with Crippen molar-refractivity contribution in [1.82, 2.24) is 25.5 Å². The monoisotopic (exact) mass is 669 g/mol. The van der Waals surface area contributed by atoms with Crippen LogP contribution in [0.5, 0.6) is 6.01 Å². The van der Waals surface area contributed by atoms with Gasteiger partial charge in [0.05, 0.1) is 41.7 Å². The molecule has 5 aliphatic heterocycles. The van der Waals surface area contributed by atoms with Crippen LogP contribution < -0.4 is 26.0 Å². The standard InChI is InChI=1S/C33H35F4N7O4/c1-3-6-19-11-21(38)26(34)24(25(19)33(35,36)37)23-12-22-20(15-47-23)27(43-9-5-8-32(16-43)28(45)41-29(46)42-32)40-30(39-22)48-17-31-7-4-10-44(31)14-18(2)13-31/h11,23H,2,4-5,7-10,12-17,38H2,1H3,(H2,41,42,45,46)/t23-,31+,32-/m1/s1. The quantitative estimate of drug-likeness (QED) is 0.143. The van der Waals surface area contributed by atoms with Gasteiger partial charge in [0.15, 0.2) is 5.82 Å². The van der Waals surface area contributed by atoms with Crippen molar-refractivity contribution in [3.05, 3.63) is 52.0 Å². The van der Waals surface area contributed by atoms with Crippen molar-refractivity contribution in [2.24, 2.45) is 0 Å². The number of nitrogen functional groups attached to an aromatic ring is 1. The number of aromatic nitrogens is 2. The minimum atomic E-state index is -4.95. The fraction of sp³-hybridized carbons (Fsp3) is 0.515. The van der Waals surface area contributed by atoms with E-state index in [1.807, 2.05) is 4.90 Å². The first-order chi connectivity index (χ1) is 22.8. The van der Waals surface area contributed by atoms with Crippen molar-refractivity contribution in [3.63, 3.8) is 0 Å². The first-order valence-electron chi connectivity index (χ1n) is 15.9. The molecule has 1 aromatic heterocycles. The van der Waals surface area contributed by atoms with E-state index in [9.17, 15) is 22.8 Å². The van der Waals surface area contributed by atoms with Crippen LogP contribution in [0.1, 0.15) is 73.1 Å². The molecule has 4 saturated heterocycles. The third-order valence-electron chi connectivity index (χ3n) is 10.1. The van der Waals surface area contributed by atoms with Crippen molar-refractivity contribution >= 4 is 23.4 Å². The van der Waals surface area contributed by atoms with Gasteiger partial charge in [-0.15, -0.1) is 5.92 Å². The average Bonchev–Trinajstić information content (AvgIpc) is 3.64. The van der Waals surface area contributed by atoms with E-state index in [0.717, 1.165) is 44.0 Å². The summed E-state index contributed by atoms with van der Waals surface area (Å²) >= 11 is 0. The highest BCUT2D eigenvalue weighted by molar-refractivity contribution is 6.07. The summed E-state index contributed by atoms with van der Waals surface area (Å²) in [6.45, 7) is 7.82. The molecule has 48 heavy (non-hydrogen) atoms. The number of rotatable bonds is 5. The van der Waals surface area contributed by atoms with Crippen LogP contribution in [0.3, 0.4) is 0 Å². The SMILES string of the molecule is C=C1CN2CCC[C@@]2(COc2nc3c(c(N4CCC[C@]5(C4)NC(=O)NC5=O)n2)CO[C@@H](c2c(F)c(N)cc(C#CC)c2C(F)(F)F)C3)C1. The van der Waals surface area contributed by atoms with Crippen LogP contribution >= 0.6 is 0 Å². The largest absolute Gasteiger partial charge is 0.461 e. The Kier molecular flexibility index (Phi) is 7.78. The molecular formula is C33H35F4N7O4. The van der Waals surface area contributed by atoms with Crippen LogP contribution in [-0.4, -0.2) is 70.7 Å². The molecule has 1 spiro atoms. The Morgan fingerprint density at radius 1 is 1.23 bits per heavy atom. The molecule has 254 valence electrons. The van der Waals surface area contributed by atoms with Gasteiger partial charge >= 0.3 is 18.2 Å². The maximum atomic E-state index is 15.6. The molecular weight excluding hydrogens is 634 g/mol. The van der Waals surface area contributed by atoms with Crippen LogP contribution in [-0.2, 0) is 28.7 Å². The normalized spacial score (nSPS) is 27.0. The van der Waals surface area contributed by atoms with Crippen molar-refractivity contribution < 1.29 is 36.6 Å². The molecule has 7 rings (SSSR count). The summed E-state index contributed by atoms with van der Waals surface area (Å²) in [7, 11) is 0. The Morgan fingerprint density at radius 3 is 2.75 bits per heavy atom. The van der Waals surface area contributed by atoms with Crippen LogP contribution in [0.25, 0.3) is 0 Å². The van der Waals surface area contributed by atoms with Gasteiger partial charge in [-0.3, -0.25) is 15.0 Å². The van der Waals surface area contributed by atoms with E-state index in [1.165, 1.54) is 6.92 Å². The highest BCUT2D eigenvalue weighted by Gasteiger charge is 2.50. The molecule has 2 aromatic rings. The Bertz CT molecular complexity index is 1790. The molecule has 6 heterocycles.